The van der Waals surface area contributed by atoms with Gasteiger partial charge < -0.3 is 10.1 Å². The Labute approximate surface area is 129 Å². The molecule has 0 amide bonds. The number of benzene rings is 1. The molecule has 2 aromatic rings. The Hall–Kier alpha value is -2.25. The lowest BCUT2D eigenvalue weighted by Gasteiger charge is -2.05. The van der Waals surface area contributed by atoms with Gasteiger partial charge in [0.2, 0.25) is 0 Å². The van der Waals surface area contributed by atoms with E-state index in [1.54, 1.807) is 23.9 Å². The van der Waals surface area contributed by atoms with Gasteiger partial charge in [-0.05, 0) is 25.1 Å². The summed E-state index contributed by atoms with van der Waals surface area (Å²) in [7, 11) is 3.55. The van der Waals surface area contributed by atoms with E-state index >= 15 is 0 Å². The lowest BCUT2D eigenvalue weighted by Crippen LogP contribution is -2.16. The van der Waals surface area contributed by atoms with Crippen molar-refractivity contribution in [3.63, 3.8) is 0 Å². The summed E-state index contributed by atoms with van der Waals surface area (Å²) in [6, 6.07) is 6.46. The van der Waals surface area contributed by atoms with Crippen molar-refractivity contribution in [2.75, 3.05) is 20.3 Å². The molecule has 7 nitrogen and oxygen atoms in total. The second-order valence-electron chi connectivity index (χ2n) is 5.00. The Morgan fingerprint density at radius 1 is 1.36 bits per heavy atom. The van der Waals surface area contributed by atoms with Crippen LogP contribution in [-0.4, -0.2) is 35.0 Å². The first kappa shape index (κ1) is 16.1. The highest BCUT2D eigenvalue weighted by molar-refractivity contribution is 5.64. The first-order valence-electron chi connectivity index (χ1n) is 7.09. The maximum absolute atomic E-state index is 10.7. The third-order valence-corrected chi connectivity index (χ3v) is 3.27. The highest BCUT2D eigenvalue weighted by Crippen LogP contribution is 2.24. The third-order valence-electron chi connectivity index (χ3n) is 3.27. The van der Waals surface area contributed by atoms with E-state index in [1.165, 1.54) is 12.1 Å². The molecule has 1 heterocycles. The number of nitrogens with zero attached hydrogens (tertiary/aromatic N) is 3. The maximum atomic E-state index is 10.7. The molecule has 0 unspecified atom stereocenters. The third kappa shape index (κ3) is 4.12. The van der Waals surface area contributed by atoms with Gasteiger partial charge in [-0.2, -0.15) is 5.10 Å². The number of non-ortho nitro benzene ring substituents is 1. The topological polar surface area (TPSA) is 82.2 Å². The van der Waals surface area contributed by atoms with Crippen LogP contribution in [0.2, 0.25) is 0 Å². The minimum absolute atomic E-state index is 0.0823. The SMILES string of the molecule is COCCCNCc1cn(C)nc1-c1ccc([N+](=O)[O-])cc1. The molecule has 0 atom stereocenters. The van der Waals surface area contributed by atoms with Crippen molar-refractivity contribution in [2.24, 2.45) is 7.05 Å². The van der Waals surface area contributed by atoms with Crippen molar-refractivity contribution in [1.82, 2.24) is 15.1 Å². The van der Waals surface area contributed by atoms with Gasteiger partial charge in [-0.1, -0.05) is 0 Å². The Morgan fingerprint density at radius 2 is 2.09 bits per heavy atom. The number of nitro groups is 1. The van der Waals surface area contributed by atoms with Crippen molar-refractivity contribution in [3.05, 3.63) is 46.1 Å². The molecule has 1 N–H and O–H groups in total. The average Bonchev–Trinajstić information content (AvgIpc) is 2.88. The molecular formula is C15H20N4O3. The molecule has 0 aliphatic carbocycles. The quantitative estimate of drug-likeness (QED) is 0.459. The normalized spacial score (nSPS) is 10.8. The van der Waals surface area contributed by atoms with Crippen LogP contribution in [0, 0.1) is 10.1 Å². The first-order valence-corrected chi connectivity index (χ1v) is 7.09. The summed E-state index contributed by atoms with van der Waals surface area (Å²) in [6.07, 6.45) is 2.91. The highest BCUT2D eigenvalue weighted by atomic mass is 16.6. The number of aromatic nitrogens is 2. The lowest BCUT2D eigenvalue weighted by atomic mass is 10.1. The molecule has 0 saturated carbocycles. The fourth-order valence-electron chi connectivity index (χ4n) is 2.22. The molecule has 0 saturated heterocycles. The molecule has 1 aromatic carbocycles. The van der Waals surface area contributed by atoms with E-state index in [-0.39, 0.29) is 5.69 Å². The second kappa shape index (κ2) is 7.67. The molecule has 22 heavy (non-hydrogen) atoms. The van der Waals surface area contributed by atoms with Crippen LogP contribution in [-0.2, 0) is 18.3 Å². The van der Waals surface area contributed by atoms with Crippen molar-refractivity contribution >= 4 is 5.69 Å². The summed E-state index contributed by atoms with van der Waals surface area (Å²) in [5.41, 5.74) is 2.87. The fraction of sp³-hybridized carbons (Fsp3) is 0.400. The minimum Gasteiger partial charge on any atom is -0.385 e. The average molecular weight is 304 g/mol. The van der Waals surface area contributed by atoms with Crippen LogP contribution in [0.15, 0.2) is 30.5 Å². The molecule has 0 fully saturated rings. The Kier molecular flexibility index (Phi) is 5.62. The molecule has 118 valence electrons. The van der Waals surface area contributed by atoms with Gasteiger partial charge in [-0.3, -0.25) is 14.8 Å². The Bertz CT molecular complexity index is 622. The van der Waals surface area contributed by atoms with Gasteiger partial charge in [0.15, 0.2) is 0 Å². The predicted octanol–water partition coefficient (Wildman–Crippen LogP) is 2.12. The number of methoxy groups -OCH3 is 1. The van der Waals surface area contributed by atoms with Crippen LogP contribution >= 0.6 is 0 Å². The Balaban J connectivity index is 2.08. The summed E-state index contributed by atoms with van der Waals surface area (Å²) >= 11 is 0. The number of ether oxygens (including phenoxy) is 1. The van der Waals surface area contributed by atoms with E-state index in [4.69, 9.17) is 4.74 Å². The number of hydrogen-bond donors (Lipinski definition) is 1. The van der Waals surface area contributed by atoms with Crippen molar-refractivity contribution in [3.8, 4) is 11.3 Å². The monoisotopic (exact) mass is 304 g/mol. The molecule has 7 heteroatoms. The van der Waals surface area contributed by atoms with Gasteiger partial charge in [0.05, 0.1) is 10.6 Å². The van der Waals surface area contributed by atoms with Gasteiger partial charge >= 0.3 is 0 Å². The highest BCUT2D eigenvalue weighted by Gasteiger charge is 2.12. The molecule has 0 radical (unpaired) electrons. The maximum Gasteiger partial charge on any atom is 0.269 e. The van der Waals surface area contributed by atoms with E-state index in [9.17, 15) is 10.1 Å². The lowest BCUT2D eigenvalue weighted by molar-refractivity contribution is -0.384. The molecule has 0 aliphatic heterocycles. The van der Waals surface area contributed by atoms with Crippen LogP contribution in [0.4, 0.5) is 5.69 Å². The standard InChI is InChI=1S/C15H20N4O3/c1-18-11-13(10-16-8-3-9-22-2)15(17-18)12-4-6-14(7-5-12)19(20)21/h4-7,11,16H,3,8-10H2,1-2H3. The van der Waals surface area contributed by atoms with Crippen molar-refractivity contribution < 1.29 is 9.66 Å². The van der Waals surface area contributed by atoms with Crippen LogP contribution in [0.1, 0.15) is 12.0 Å². The number of aryl methyl sites for hydroxylation is 1. The smallest absolute Gasteiger partial charge is 0.269 e. The van der Waals surface area contributed by atoms with Gasteiger partial charge in [-0.15, -0.1) is 0 Å². The van der Waals surface area contributed by atoms with Crippen LogP contribution < -0.4 is 5.32 Å². The van der Waals surface area contributed by atoms with Gasteiger partial charge in [-0.25, -0.2) is 0 Å². The number of nitro benzene ring substituents is 1. The summed E-state index contributed by atoms with van der Waals surface area (Å²) in [6.45, 7) is 2.29. The van der Waals surface area contributed by atoms with E-state index in [1.807, 2.05) is 13.2 Å². The fourth-order valence-corrected chi connectivity index (χ4v) is 2.22. The molecular weight excluding hydrogens is 284 g/mol. The first-order chi connectivity index (χ1) is 10.6. The summed E-state index contributed by atoms with van der Waals surface area (Å²) in [5, 5.41) is 18.5. The van der Waals surface area contributed by atoms with E-state index in [0.29, 0.717) is 6.54 Å². The molecule has 0 spiro atoms. The Morgan fingerprint density at radius 3 is 2.73 bits per heavy atom. The summed E-state index contributed by atoms with van der Waals surface area (Å²) in [4.78, 5) is 10.3. The van der Waals surface area contributed by atoms with E-state index in [0.717, 1.165) is 36.4 Å². The van der Waals surface area contributed by atoms with Crippen LogP contribution in [0.25, 0.3) is 11.3 Å². The molecule has 2 rings (SSSR count). The van der Waals surface area contributed by atoms with Crippen molar-refractivity contribution in [2.45, 2.75) is 13.0 Å². The molecule has 1 aromatic heterocycles. The number of nitrogens with one attached hydrogen (secondary N) is 1. The predicted molar refractivity (Wildman–Crippen MR) is 83.5 cm³/mol. The van der Waals surface area contributed by atoms with Gasteiger partial charge in [0.1, 0.15) is 0 Å². The van der Waals surface area contributed by atoms with E-state index < -0.39 is 4.92 Å². The van der Waals surface area contributed by atoms with Crippen molar-refractivity contribution in [1.29, 1.82) is 0 Å². The number of rotatable bonds is 8. The van der Waals surface area contributed by atoms with E-state index in [2.05, 4.69) is 10.4 Å². The number of hydrogen-bond acceptors (Lipinski definition) is 5. The van der Waals surface area contributed by atoms with Gasteiger partial charge in [0, 0.05) is 56.8 Å². The summed E-state index contributed by atoms with van der Waals surface area (Å²) < 4.78 is 6.76. The zero-order valence-corrected chi connectivity index (χ0v) is 12.8. The second-order valence-corrected chi connectivity index (χ2v) is 5.00. The zero-order valence-electron chi connectivity index (χ0n) is 12.8. The molecule has 0 bridgehead atoms. The van der Waals surface area contributed by atoms with Crippen LogP contribution in [0.3, 0.4) is 0 Å². The van der Waals surface area contributed by atoms with Crippen LogP contribution in [0.5, 0.6) is 0 Å². The minimum atomic E-state index is -0.402. The molecule has 0 aliphatic rings. The van der Waals surface area contributed by atoms with Gasteiger partial charge in [0.25, 0.3) is 5.69 Å². The largest absolute Gasteiger partial charge is 0.385 e. The summed E-state index contributed by atoms with van der Waals surface area (Å²) in [5.74, 6) is 0. The zero-order chi connectivity index (χ0) is 15.9.